The van der Waals surface area contributed by atoms with Crippen LogP contribution in [-0.4, -0.2) is 34.5 Å². The van der Waals surface area contributed by atoms with Crippen LogP contribution < -0.4 is 5.73 Å². The summed E-state index contributed by atoms with van der Waals surface area (Å²) in [6.07, 6.45) is 3.38. The van der Waals surface area contributed by atoms with Crippen LogP contribution in [0.2, 0.25) is 0 Å². The summed E-state index contributed by atoms with van der Waals surface area (Å²) in [5, 5.41) is 0. The standard InChI is InChI=1S/C15H20N4O/c1-11(15(20)18(2)3)19-10-17-9-13(19)14(16)12-7-5-4-6-8-12/h4-11,14H,16H2,1-3H3. The number of rotatable bonds is 4. The predicted octanol–water partition coefficient (Wildman–Crippen LogP) is 1.58. The fourth-order valence-corrected chi connectivity index (χ4v) is 2.20. The quantitative estimate of drug-likeness (QED) is 0.919. The second-order valence-corrected chi connectivity index (χ2v) is 5.02. The molecule has 0 saturated heterocycles. The average Bonchev–Trinajstić information content (AvgIpc) is 2.95. The number of hydrogen-bond acceptors (Lipinski definition) is 3. The van der Waals surface area contributed by atoms with E-state index in [0.29, 0.717) is 0 Å². The first kappa shape index (κ1) is 14.3. The van der Waals surface area contributed by atoms with Gasteiger partial charge in [0.05, 0.1) is 24.3 Å². The van der Waals surface area contributed by atoms with Crippen LogP contribution in [0.15, 0.2) is 42.9 Å². The molecule has 1 aromatic carbocycles. The van der Waals surface area contributed by atoms with Crippen molar-refractivity contribution in [2.24, 2.45) is 5.73 Å². The number of imidazole rings is 1. The smallest absolute Gasteiger partial charge is 0.244 e. The molecule has 20 heavy (non-hydrogen) atoms. The van der Waals surface area contributed by atoms with Crippen molar-refractivity contribution < 1.29 is 4.79 Å². The molecule has 0 saturated carbocycles. The monoisotopic (exact) mass is 272 g/mol. The maximum absolute atomic E-state index is 12.1. The minimum absolute atomic E-state index is 0.0181. The number of carbonyl (C=O) groups excluding carboxylic acids is 1. The Bertz CT molecular complexity index is 577. The van der Waals surface area contributed by atoms with Crippen LogP contribution in [0.3, 0.4) is 0 Å². The molecule has 2 unspecified atom stereocenters. The van der Waals surface area contributed by atoms with Gasteiger partial charge in [-0.3, -0.25) is 4.79 Å². The molecule has 0 aliphatic rings. The minimum atomic E-state index is -0.322. The SMILES string of the molecule is CC(C(=O)N(C)C)n1cncc1C(N)c1ccccc1. The van der Waals surface area contributed by atoms with Crippen molar-refractivity contribution in [3.05, 3.63) is 54.1 Å². The highest BCUT2D eigenvalue weighted by molar-refractivity contribution is 5.79. The lowest BCUT2D eigenvalue weighted by molar-refractivity contribution is -0.131. The first-order valence-electron chi connectivity index (χ1n) is 6.55. The topological polar surface area (TPSA) is 64.2 Å². The molecule has 2 N–H and O–H groups in total. The van der Waals surface area contributed by atoms with Gasteiger partial charge in [-0.15, -0.1) is 0 Å². The molecule has 1 amide bonds. The Hall–Kier alpha value is -2.14. The molecule has 0 aliphatic heterocycles. The molecule has 0 radical (unpaired) electrons. The minimum Gasteiger partial charge on any atom is -0.347 e. The van der Waals surface area contributed by atoms with Gasteiger partial charge in [0.25, 0.3) is 0 Å². The van der Waals surface area contributed by atoms with E-state index in [1.807, 2.05) is 41.8 Å². The van der Waals surface area contributed by atoms with Crippen molar-refractivity contribution in [1.29, 1.82) is 0 Å². The summed E-state index contributed by atoms with van der Waals surface area (Å²) < 4.78 is 1.83. The van der Waals surface area contributed by atoms with E-state index >= 15 is 0 Å². The highest BCUT2D eigenvalue weighted by Gasteiger charge is 2.22. The van der Waals surface area contributed by atoms with E-state index in [-0.39, 0.29) is 18.0 Å². The molecule has 0 aliphatic carbocycles. The molecule has 0 bridgehead atoms. The lowest BCUT2D eigenvalue weighted by Gasteiger charge is -2.22. The van der Waals surface area contributed by atoms with Gasteiger partial charge in [-0.05, 0) is 12.5 Å². The number of nitrogens with two attached hydrogens (primary N) is 1. The van der Waals surface area contributed by atoms with Crippen molar-refractivity contribution >= 4 is 5.91 Å². The third-order valence-corrected chi connectivity index (χ3v) is 3.39. The van der Waals surface area contributed by atoms with E-state index in [9.17, 15) is 4.79 Å². The highest BCUT2D eigenvalue weighted by atomic mass is 16.2. The molecule has 2 aromatic rings. The van der Waals surface area contributed by atoms with E-state index in [1.165, 1.54) is 0 Å². The zero-order chi connectivity index (χ0) is 14.7. The molecule has 5 nitrogen and oxygen atoms in total. The van der Waals surface area contributed by atoms with Crippen LogP contribution in [0.5, 0.6) is 0 Å². The van der Waals surface area contributed by atoms with Crippen molar-refractivity contribution in [3.8, 4) is 0 Å². The predicted molar refractivity (Wildman–Crippen MR) is 78.1 cm³/mol. The fraction of sp³-hybridized carbons (Fsp3) is 0.333. The van der Waals surface area contributed by atoms with E-state index < -0.39 is 0 Å². The van der Waals surface area contributed by atoms with E-state index in [2.05, 4.69) is 4.98 Å². The summed E-state index contributed by atoms with van der Waals surface area (Å²) in [7, 11) is 3.49. The number of benzene rings is 1. The maximum atomic E-state index is 12.1. The highest BCUT2D eigenvalue weighted by Crippen LogP contribution is 2.22. The zero-order valence-corrected chi connectivity index (χ0v) is 12.0. The van der Waals surface area contributed by atoms with Crippen LogP contribution in [0.25, 0.3) is 0 Å². The van der Waals surface area contributed by atoms with Gasteiger partial charge in [-0.1, -0.05) is 30.3 Å². The van der Waals surface area contributed by atoms with Crippen molar-refractivity contribution in [1.82, 2.24) is 14.5 Å². The number of nitrogens with zero attached hydrogens (tertiary/aromatic N) is 3. The largest absolute Gasteiger partial charge is 0.347 e. The van der Waals surface area contributed by atoms with Crippen molar-refractivity contribution in [2.75, 3.05) is 14.1 Å². The summed E-state index contributed by atoms with van der Waals surface area (Å²) in [4.78, 5) is 17.8. The third-order valence-electron chi connectivity index (χ3n) is 3.39. The van der Waals surface area contributed by atoms with Crippen molar-refractivity contribution in [3.63, 3.8) is 0 Å². The first-order valence-corrected chi connectivity index (χ1v) is 6.55. The summed E-state index contributed by atoms with van der Waals surface area (Å²) in [6.45, 7) is 1.85. The molecular weight excluding hydrogens is 252 g/mol. The van der Waals surface area contributed by atoms with Crippen LogP contribution in [0, 0.1) is 0 Å². The number of amides is 1. The lowest BCUT2D eigenvalue weighted by atomic mass is 10.0. The second-order valence-electron chi connectivity index (χ2n) is 5.02. The van der Waals surface area contributed by atoms with Crippen LogP contribution in [0.4, 0.5) is 0 Å². The molecular formula is C15H20N4O. The fourth-order valence-electron chi connectivity index (χ4n) is 2.20. The summed E-state index contributed by atoms with van der Waals surface area (Å²) in [5.74, 6) is 0.0181. The Morgan fingerprint density at radius 2 is 1.95 bits per heavy atom. The van der Waals surface area contributed by atoms with Gasteiger partial charge in [0, 0.05) is 14.1 Å². The number of carbonyl (C=O) groups is 1. The van der Waals surface area contributed by atoms with Crippen LogP contribution in [-0.2, 0) is 4.79 Å². The molecule has 0 spiro atoms. The Labute approximate surface area is 119 Å². The molecule has 0 fully saturated rings. The lowest BCUT2D eigenvalue weighted by Crippen LogP contribution is -2.31. The van der Waals surface area contributed by atoms with Crippen LogP contribution in [0.1, 0.15) is 30.3 Å². The molecule has 2 atom stereocenters. The summed E-state index contributed by atoms with van der Waals surface area (Å²) in [5.41, 5.74) is 8.12. The van der Waals surface area contributed by atoms with Gasteiger partial charge in [-0.25, -0.2) is 4.98 Å². The van der Waals surface area contributed by atoms with Gasteiger partial charge in [0.1, 0.15) is 6.04 Å². The Kier molecular flexibility index (Phi) is 4.20. The van der Waals surface area contributed by atoms with Crippen molar-refractivity contribution in [2.45, 2.75) is 19.0 Å². The summed E-state index contributed by atoms with van der Waals surface area (Å²) >= 11 is 0. The van der Waals surface area contributed by atoms with Gasteiger partial charge in [0.15, 0.2) is 0 Å². The molecule has 2 rings (SSSR count). The normalized spacial score (nSPS) is 13.8. The van der Waals surface area contributed by atoms with Crippen LogP contribution >= 0.6 is 0 Å². The number of hydrogen-bond donors (Lipinski definition) is 1. The Morgan fingerprint density at radius 3 is 2.55 bits per heavy atom. The molecule has 5 heteroatoms. The Balaban J connectivity index is 2.31. The number of likely N-dealkylation sites (N-methyl/N-ethyl adjacent to an activating group) is 1. The van der Waals surface area contributed by atoms with Gasteiger partial charge in [-0.2, -0.15) is 0 Å². The summed E-state index contributed by atoms with van der Waals surface area (Å²) in [6, 6.07) is 9.18. The number of aromatic nitrogens is 2. The second kappa shape index (κ2) is 5.88. The molecule has 1 aromatic heterocycles. The molecule has 106 valence electrons. The zero-order valence-electron chi connectivity index (χ0n) is 12.0. The Morgan fingerprint density at radius 1 is 1.30 bits per heavy atom. The molecule has 1 heterocycles. The van der Waals surface area contributed by atoms with E-state index in [1.54, 1.807) is 31.5 Å². The van der Waals surface area contributed by atoms with E-state index in [4.69, 9.17) is 5.73 Å². The van der Waals surface area contributed by atoms with Gasteiger partial charge in [0.2, 0.25) is 5.91 Å². The third kappa shape index (κ3) is 2.72. The van der Waals surface area contributed by atoms with Gasteiger partial charge < -0.3 is 15.2 Å². The first-order chi connectivity index (χ1) is 9.52. The van der Waals surface area contributed by atoms with E-state index in [0.717, 1.165) is 11.3 Å². The van der Waals surface area contributed by atoms with Gasteiger partial charge >= 0.3 is 0 Å². The average molecular weight is 272 g/mol. The maximum Gasteiger partial charge on any atom is 0.244 e.